The Labute approximate surface area is 214 Å². The van der Waals surface area contributed by atoms with Crippen LogP contribution in [0.5, 0.6) is 17.2 Å². The summed E-state index contributed by atoms with van der Waals surface area (Å²) in [6, 6.07) is 17.5. The largest absolute Gasteiger partial charge is 0.490 e. The highest BCUT2D eigenvalue weighted by Crippen LogP contribution is 2.41. The van der Waals surface area contributed by atoms with Crippen LogP contribution in [0.1, 0.15) is 33.3 Å². The van der Waals surface area contributed by atoms with Crippen molar-refractivity contribution in [3.63, 3.8) is 0 Å². The predicted molar refractivity (Wildman–Crippen MR) is 137 cm³/mol. The second-order valence-corrected chi connectivity index (χ2v) is 9.42. The van der Waals surface area contributed by atoms with Gasteiger partial charge in [-0.1, -0.05) is 46.8 Å². The lowest BCUT2D eigenvalue weighted by molar-refractivity contribution is 0.0714. The van der Waals surface area contributed by atoms with Crippen LogP contribution in [-0.4, -0.2) is 24.2 Å². The summed E-state index contributed by atoms with van der Waals surface area (Å²) in [6.45, 7) is 4.46. The Morgan fingerprint density at radius 2 is 1.83 bits per heavy atom. The molecule has 0 radical (unpaired) electrons. The van der Waals surface area contributed by atoms with Gasteiger partial charge in [0.15, 0.2) is 16.9 Å². The minimum Gasteiger partial charge on any atom is -0.490 e. The van der Waals surface area contributed by atoms with Gasteiger partial charge in [-0.15, -0.1) is 0 Å². The lowest BCUT2D eigenvalue weighted by Gasteiger charge is -2.25. The molecule has 3 heterocycles. The van der Waals surface area contributed by atoms with Gasteiger partial charge in [0, 0.05) is 11.0 Å². The minimum atomic E-state index is -0.633. The molecule has 4 aromatic rings. The van der Waals surface area contributed by atoms with Crippen LogP contribution in [0.2, 0.25) is 0 Å². The Morgan fingerprint density at radius 1 is 1.03 bits per heavy atom. The van der Waals surface area contributed by atoms with Gasteiger partial charge in [-0.3, -0.25) is 9.59 Å². The van der Waals surface area contributed by atoms with Crippen molar-refractivity contribution in [2.45, 2.75) is 12.6 Å². The molecule has 0 spiro atoms. The third-order valence-electron chi connectivity index (χ3n) is 6.28. The number of amides is 1. The summed E-state index contributed by atoms with van der Waals surface area (Å²) in [6.07, 6.45) is 1.67. The SMILES string of the molecule is C=CCOc1ccc(C2c3c(oc4ccc(Br)cc4c3=O)C(=O)N2Cc2ccc3c(c2)OCO3)cc1. The Morgan fingerprint density at radius 3 is 2.64 bits per heavy atom. The van der Waals surface area contributed by atoms with Gasteiger partial charge in [0.25, 0.3) is 5.91 Å². The molecule has 7 nitrogen and oxygen atoms in total. The summed E-state index contributed by atoms with van der Waals surface area (Å²) in [7, 11) is 0. The number of ether oxygens (including phenoxy) is 3. The third-order valence-corrected chi connectivity index (χ3v) is 6.77. The van der Waals surface area contributed by atoms with Crippen LogP contribution in [0.3, 0.4) is 0 Å². The Bertz CT molecular complexity index is 1580. The van der Waals surface area contributed by atoms with Crippen LogP contribution in [0, 0.1) is 0 Å². The van der Waals surface area contributed by atoms with Crippen molar-refractivity contribution in [1.29, 1.82) is 0 Å². The second kappa shape index (κ2) is 8.87. The zero-order valence-corrected chi connectivity index (χ0v) is 20.6. The van der Waals surface area contributed by atoms with Crippen molar-refractivity contribution >= 4 is 32.8 Å². The number of hydrogen-bond acceptors (Lipinski definition) is 6. The van der Waals surface area contributed by atoms with Gasteiger partial charge in [0.1, 0.15) is 17.9 Å². The second-order valence-electron chi connectivity index (χ2n) is 8.51. The predicted octanol–water partition coefficient (Wildman–Crippen LogP) is 5.59. The first-order valence-electron chi connectivity index (χ1n) is 11.3. The number of carbonyl (C=O) groups excluding carboxylic acids is 1. The standard InChI is InChI=1S/C28H20BrNO6/c1-2-11-33-19-7-4-17(5-8-19)25-24-26(31)20-13-18(29)6-10-21(20)36-27(24)28(32)30(25)14-16-3-9-22-23(12-16)35-15-34-22/h2-10,12-13,25H,1,11,14-15H2. The van der Waals surface area contributed by atoms with Gasteiger partial charge in [-0.2, -0.15) is 0 Å². The molecule has 1 atom stereocenters. The molecule has 0 saturated heterocycles. The van der Waals surface area contributed by atoms with Gasteiger partial charge in [0.05, 0.1) is 17.0 Å². The fourth-order valence-corrected chi connectivity index (χ4v) is 5.00. The van der Waals surface area contributed by atoms with E-state index >= 15 is 0 Å². The van der Waals surface area contributed by atoms with Crippen molar-refractivity contribution in [2.75, 3.05) is 13.4 Å². The zero-order chi connectivity index (χ0) is 24.8. The summed E-state index contributed by atoms with van der Waals surface area (Å²) in [5, 5.41) is 0.414. The van der Waals surface area contributed by atoms with E-state index in [1.165, 1.54) is 0 Å². The summed E-state index contributed by atoms with van der Waals surface area (Å²) in [5.41, 5.74) is 2.08. The maximum Gasteiger partial charge on any atom is 0.291 e. The highest BCUT2D eigenvalue weighted by molar-refractivity contribution is 9.10. The summed E-state index contributed by atoms with van der Waals surface area (Å²) in [4.78, 5) is 29.1. The lowest BCUT2D eigenvalue weighted by atomic mass is 9.98. The monoisotopic (exact) mass is 545 g/mol. The molecule has 180 valence electrons. The van der Waals surface area contributed by atoms with Gasteiger partial charge < -0.3 is 23.5 Å². The van der Waals surface area contributed by atoms with E-state index in [4.69, 9.17) is 18.6 Å². The first-order chi connectivity index (χ1) is 17.5. The smallest absolute Gasteiger partial charge is 0.291 e. The molecule has 8 heteroatoms. The van der Waals surface area contributed by atoms with Crippen LogP contribution in [0.15, 0.2) is 87.0 Å². The molecule has 0 saturated carbocycles. The molecule has 36 heavy (non-hydrogen) atoms. The molecule has 2 aliphatic rings. The number of halogens is 1. The molecule has 1 aromatic heterocycles. The molecular weight excluding hydrogens is 526 g/mol. The first-order valence-corrected chi connectivity index (χ1v) is 12.1. The van der Waals surface area contributed by atoms with E-state index in [0.717, 1.165) is 15.6 Å². The molecule has 3 aromatic carbocycles. The number of rotatable bonds is 6. The molecular formula is C28H20BrNO6. The van der Waals surface area contributed by atoms with E-state index in [9.17, 15) is 9.59 Å². The molecule has 1 amide bonds. The molecule has 0 N–H and O–H groups in total. The summed E-state index contributed by atoms with van der Waals surface area (Å²) < 4.78 is 23.3. The third kappa shape index (κ3) is 3.74. The van der Waals surface area contributed by atoms with E-state index in [-0.39, 0.29) is 30.4 Å². The van der Waals surface area contributed by atoms with Crippen LogP contribution in [0.4, 0.5) is 0 Å². The van der Waals surface area contributed by atoms with E-state index in [1.54, 1.807) is 29.2 Å². The van der Waals surface area contributed by atoms with Crippen molar-refractivity contribution < 1.29 is 23.4 Å². The normalized spacial score (nSPS) is 15.9. The van der Waals surface area contributed by atoms with E-state index < -0.39 is 6.04 Å². The Hall–Kier alpha value is -4.04. The highest BCUT2D eigenvalue weighted by atomic mass is 79.9. The maximum atomic E-state index is 13.7. The fourth-order valence-electron chi connectivity index (χ4n) is 4.64. The molecule has 2 aliphatic heterocycles. The number of fused-ring (bicyclic) bond motifs is 3. The van der Waals surface area contributed by atoms with Crippen molar-refractivity contribution in [3.8, 4) is 17.2 Å². The Balaban J connectivity index is 1.47. The van der Waals surface area contributed by atoms with Gasteiger partial charge in [-0.05, 0) is 53.6 Å². The lowest BCUT2D eigenvalue weighted by Crippen LogP contribution is -2.29. The topological polar surface area (TPSA) is 78.2 Å². The van der Waals surface area contributed by atoms with E-state index in [0.29, 0.717) is 40.4 Å². The van der Waals surface area contributed by atoms with Crippen LogP contribution in [0.25, 0.3) is 11.0 Å². The first kappa shape index (κ1) is 22.4. The summed E-state index contributed by atoms with van der Waals surface area (Å²) in [5.74, 6) is 1.67. The minimum absolute atomic E-state index is 0.0625. The zero-order valence-electron chi connectivity index (χ0n) is 19.0. The highest BCUT2D eigenvalue weighted by Gasteiger charge is 2.42. The van der Waals surface area contributed by atoms with Crippen molar-refractivity contribution in [2.24, 2.45) is 0 Å². The van der Waals surface area contributed by atoms with Crippen molar-refractivity contribution in [3.05, 3.63) is 110 Å². The van der Waals surface area contributed by atoms with E-state index in [1.807, 2.05) is 42.5 Å². The Kier molecular flexibility index (Phi) is 5.53. The molecule has 0 bridgehead atoms. The quantitative estimate of drug-likeness (QED) is 0.294. The molecule has 0 aliphatic carbocycles. The van der Waals surface area contributed by atoms with Gasteiger partial charge >= 0.3 is 0 Å². The van der Waals surface area contributed by atoms with Crippen LogP contribution >= 0.6 is 15.9 Å². The number of hydrogen-bond donors (Lipinski definition) is 0. The summed E-state index contributed by atoms with van der Waals surface area (Å²) >= 11 is 3.43. The number of benzene rings is 3. The van der Waals surface area contributed by atoms with Gasteiger partial charge in [-0.25, -0.2) is 0 Å². The van der Waals surface area contributed by atoms with E-state index in [2.05, 4.69) is 22.5 Å². The van der Waals surface area contributed by atoms with Crippen LogP contribution in [-0.2, 0) is 6.54 Å². The average Bonchev–Trinajstić information content (AvgIpc) is 3.46. The molecule has 0 fully saturated rings. The van der Waals surface area contributed by atoms with Gasteiger partial charge in [0.2, 0.25) is 12.6 Å². The maximum absolute atomic E-state index is 13.7. The van der Waals surface area contributed by atoms with Crippen molar-refractivity contribution in [1.82, 2.24) is 4.90 Å². The molecule has 6 rings (SSSR count). The molecule has 1 unspecified atom stereocenters. The number of nitrogens with zero attached hydrogens (tertiary/aromatic N) is 1. The average molecular weight is 546 g/mol. The number of carbonyl (C=O) groups is 1. The van der Waals surface area contributed by atoms with Crippen LogP contribution < -0.4 is 19.6 Å². The fraction of sp³-hybridized carbons (Fsp3) is 0.143.